The molecule has 0 spiro atoms. The predicted octanol–water partition coefficient (Wildman–Crippen LogP) is 2.11. The zero-order valence-electron chi connectivity index (χ0n) is 9.62. The first-order chi connectivity index (χ1) is 6.22. The van der Waals surface area contributed by atoms with Crippen molar-refractivity contribution in [3.8, 4) is 0 Å². The molecule has 0 radical (unpaired) electrons. The highest BCUT2D eigenvalue weighted by atomic mass is 16.3. The average Bonchev–Trinajstić information content (AvgIpc) is 2.09. The van der Waals surface area contributed by atoms with Crippen molar-refractivity contribution < 1.29 is 10.2 Å². The number of hydrogen-bond acceptors (Lipinski definition) is 2. The van der Waals surface area contributed by atoms with Gasteiger partial charge in [0.25, 0.3) is 0 Å². The molecule has 0 bridgehead atoms. The Morgan fingerprint density at radius 3 is 2.43 bits per heavy atom. The Kier molecular flexibility index (Phi) is 3.07. The Balaban J connectivity index is 2.86. The van der Waals surface area contributed by atoms with E-state index < -0.39 is 5.60 Å². The minimum absolute atomic E-state index is 0.0519. The van der Waals surface area contributed by atoms with Gasteiger partial charge in [-0.1, -0.05) is 32.9 Å². The maximum atomic E-state index is 9.95. The quantitative estimate of drug-likeness (QED) is 0.585. The van der Waals surface area contributed by atoms with Gasteiger partial charge < -0.3 is 10.2 Å². The second kappa shape index (κ2) is 3.67. The first kappa shape index (κ1) is 11.7. The van der Waals surface area contributed by atoms with Crippen LogP contribution in [0.4, 0.5) is 0 Å². The highest BCUT2D eigenvalue weighted by molar-refractivity contribution is 5.08. The lowest BCUT2D eigenvalue weighted by atomic mass is 9.77. The third-order valence-corrected chi connectivity index (χ3v) is 3.02. The maximum Gasteiger partial charge on any atom is 0.0800 e. The molecular formula is C12H22O2. The van der Waals surface area contributed by atoms with E-state index in [1.54, 1.807) is 6.92 Å². The SMILES string of the molecule is CC1(O)C=CC(C(C)(C)C)C(O)CC1. The molecule has 14 heavy (non-hydrogen) atoms. The minimum atomic E-state index is -0.749. The molecule has 0 amide bonds. The lowest BCUT2D eigenvalue weighted by Gasteiger charge is -2.31. The first-order valence-electron chi connectivity index (χ1n) is 5.32. The van der Waals surface area contributed by atoms with Crippen molar-refractivity contribution in [3.63, 3.8) is 0 Å². The van der Waals surface area contributed by atoms with Crippen LogP contribution in [0.15, 0.2) is 12.2 Å². The lowest BCUT2D eigenvalue weighted by Crippen LogP contribution is -2.30. The van der Waals surface area contributed by atoms with Crippen LogP contribution < -0.4 is 0 Å². The van der Waals surface area contributed by atoms with E-state index in [1.807, 2.05) is 12.2 Å². The molecule has 0 heterocycles. The first-order valence-corrected chi connectivity index (χ1v) is 5.32. The van der Waals surface area contributed by atoms with Crippen molar-refractivity contribution in [2.75, 3.05) is 0 Å². The van der Waals surface area contributed by atoms with Crippen LogP contribution in [-0.4, -0.2) is 21.9 Å². The summed E-state index contributed by atoms with van der Waals surface area (Å²) in [6.07, 6.45) is 4.77. The molecule has 1 rings (SSSR count). The summed E-state index contributed by atoms with van der Waals surface area (Å²) in [5.74, 6) is 0.136. The van der Waals surface area contributed by atoms with E-state index in [0.29, 0.717) is 12.8 Å². The van der Waals surface area contributed by atoms with E-state index in [0.717, 1.165) is 0 Å². The second-order valence-electron chi connectivity index (χ2n) is 5.71. The van der Waals surface area contributed by atoms with Crippen LogP contribution in [-0.2, 0) is 0 Å². The van der Waals surface area contributed by atoms with E-state index in [4.69, 9.17) is 0 Å². The zero-order chi connectivity index (χ0) is 11.0. The highest BCUT2D eigenvalue weighted by Gasteiger charge is 2.33. The molecule has 82 valence electrons. The number of hydrogen-bond donors (Lipinski definition) is 2. The largest absolute Gasteiger partial charge is 0.392 e. The normalized spacial score (nSPS) is 39.6. The lowest BCUT2D eigenvalue weighted by molar-refractivity contribution is 0.0448. The van der Waals surface area contributed by atoms with Crippen molar-refractivity contribution >= 4 is 0 Å². The molecule has 2 nitrogen and oxygen atoms in total. The Bertz CT molecular complexity index is 223. The highest BCUT2D eigenvalue weighted by Crippen LogP contribution is 2.35. The summed E-state index contributed by atoms with van der Waals surface area (Å²) in [5, 5.41) is 19.8. The number of aliphatic hydroxyl groups is 2. The summed E-state index contributed by atoms with van der Waals surface area (Å²) in [6, 6.07) is 0. The summed E-state index contributed by atoms with van der Waals surface area (Å²) in [5.41, 5.74) is -0.697. The van der Waals surface area contributed by atoms with Crippen LogP contribution >= 0.6 is 0 Å². The van der Waals surface area contributed by atoms with E-state index in [9.17, 15) is 10.2 Å². The van der Waals surface area contributed by atoms with Gasteiger partial charge in [-0.3, -0.25) is 0 Å². The molecular weight excluding hydrogens is 176 g/mol. The molecule has 3 unspecified atom stereocenters. The van der Waals surface area contributed by atoms with Crippen LogP contribution in [0.25, 0.3) is 0 Å². The molecule has 0 aromatic heterocycles. The molecule has 0 aromatic rings. The van der Waals surface area contributed by atoms with E-state index >= 15 is 0 Å². The second-order valence-corrected chi connectivity index (χ2v) is 5.71. The van der Waals surface area contributed by atoms with Gasteiger partial charge in [-0.25, -0.2) is 0 Å². The molecule has 0 aliphatic heterocycles. The molecule has 0 fully saturated rings. The zero-order valence-corrected chi connectivity index (χ0v) is 9.62. The summed E-state index contributed by atoms with van der Waals surface area (Å²) in [6.45, 7) is 8.14. The van der Waals surface area contributed by atoms with E-state index in [1.165, 1.54) is 0 Å². The number of aliphatic hydroxyl groups excluding tert-OH is 1. The van der Waals surface area contributed by atoms with Crippen molar-refractivity contribution in [2.45, 2.75) is 52.2 Å². The Morgan fingerprint density at radius 2 is 1.93 bits per heavy atom. The maximum absolute atomic E-state index is 9.95. The third-order valence-electron chi connectivity index (χ3n) is 3.02. The van der Waals surface area contributed by atoms with Gasteiger partial charge in [-0.2, -0.15) is 0 Å². The third kappa shape index (κ3) is 2.82. The van der Waals surface area contributed by atoms with Crippen molar-refractivity contribution in [1.82, 2.24) is 0 Å². The predicted molar refractivity (Wildman–Crippen MR) is 57.9 cm³/mol. The van der Waals surface area contributed by atoms with Crippen LogP contribution in [0.2, 0.25) is 0 Å². The summed E-state index contributed by atoms with van der Waals surface area (Å²) >= 11 is 0. The van der Waals surface area contributed by atoms with E-state index in [-0.39, 0.29) is 17.4 Å². The van der Waals surface area contributed by atoms with Crippen molar-refractivity contribution in [3.05, 3.63) is 12.2 Å². The fourth-order valence-corrected chi connectivity index (χ4v) is 2.01. The average molecular weight is 198 g/mol. The van der Waals surface area contributed by atoms with Gasteiger partial charge in [0.05, 0.1) is 11.7 Å². The molecule has 3 atom stereocenters. The van der Waals surface area contributed by atoms with Gasteiger partial charge in [0, 0.05) is 5.92 Å². The smallest absolute Gasteiger partial charge is 0.0800 e. The number of rotatable bonds is 0. The van der Waals surface area contributed by atoms with Gasteiger partial charge in [0.1, 0.15) is 0 Å². The molecule has 1 aliphatic carbocycles. The van der Waals surface area contributed by atoms with Gasteiger partial charge >= 0.3 is 0 Å². The monoisotopic (exact) mass is 198 g/mol. The summed E-state index contributed by atoms with van der Waals surface area (Å²) in [4.78, 5) is 0. The van der Waals surface area contributed by atoms with Gasteiger partial charge in [-0.05, 0) is 25.2 Å². The molecule has 2 N–H and O–H groups in total. The van der Waals surface area contributed by atoms with Crippen LogP contribution in [0.1, 0.15) is 40.5 Å². The fraction of sp³-hybridized carbons (Fsp3) is 0.833. The molecule has 0 saturated carbocycles. The molecule has 2 heteroatoms. The van der Waals surface area contributed by atoms with Gasteiger partial charge in [-0.15, -0.1) is 0 Å². The Hall–Kier alpha value is -0.340. The summed E-state index contributed by atoms with van der Waals surface area (Å²) < 4.78 is 0. The minimum Gasteiger partial charge on any atom is -0.392 e. The molecule has 1 aliphatic rings. The van der Waals surface area contributed by atoms with E-state index in [2.05, 4.69) is 20.8 Å². The standard InChI is InChI=1S/C12H22O2/c1-11(2,3)9-5-7-12(4,14)8-6-10(9)13/h5,7,9-10,13-14H,6,8H2,1-4H3. The van der Waals surface area contributed by atoms with Crippen molar-refractivity contribution in [1.29, 1.82) is 0 Å². The topological polar surface area (TPSA) is 40.5 Å². The van der Waals surface area contributed by atoms with Crippen molar-refractivity contribution in [2.24, 2.45) is 11.3 Å². The van der Waals surface area contributed by atoms with Gasteiger partial charge in [0.15, 0.2) is 0 Å². The van der Waals surface area contributed by atoms with Gasteiger partial charge in [0.2, 0.25) is 0 Å². The Labute approximate surface area is 86.6 Å². The molecule has 0 aromatic carbocycles. The summed E-state index contributed by atoms with van der Waals surface area (Å²) in [7, 11) is 0. The van der Waals surface area contributed by atoms with Crippen LogP contribution in [0.5, 0.6) is 0 Å². The van der Waals surface area contributed by atoms with Crippen LogP contribution in [0.3, 0.4) is 0 Å². The fourth-order valence-electron chi connectivity index (χ4n) is 2.01. The Morgan fingerprint density at radius 1 is 1.36 bits per heavy atom. The van der Waals surface area contributed by atoms with Crippen LogP contribution in [0, 0.1) is 11.3 Å². The molecule has 0 saturated heterocycles.